The number of aromatic nitrogens is 3. The first-order chi connectivity index (χ1) is 8.77. The highest BCUT2D eigenvalue weighted by Gasteiger charge is 2.09. The van der Waals surface area contributed by atoms with Crippen LogP contribution in [0.5, 0.6) is 0 Å². The van der Waals surface area contributed by atoms with Crippen LogP contribution in [0, 0.1) is 0 Å². The van der Waals surface area contributed by atoms with E-state index in [2.05, 4.69) is 15.3 Å². The maximum absolute atomic E-state index is 10.9. The maximum Gasteiger partial charge on any atom is 0.356 e. The normalized spacial score (nSPS) is 10.2. The molecule has 0 bridgehead atoms. The minimum Gasteiger partial charge on any atom is -0.476 e. The van der Waals surface area contributed by atoms with Gasteiger partial charge in [0, 0.05) is 31.7 Å². The average Bonchev–Trinajstić information content (AvgIpc) is 2.88. The molecule has 0 saturated carbocycles. The molecule has 0 saturated heterocycles. The van der Waals surface area contributed by atoms with Gasteiger partial charge in [-0.05, 0) is 18.6 Å². The second kappa shape index (κ2) is 5.81. The Morgan fingerprint density at radius 2 is 2.33 bits per heavy atom. The first-order valence-corrected chi connectivity index (χ1v) is 5.65. The summed E-state index contributed by atoms with van der Waals surface area (Å²) in [5.74, 6) is -1.02. The highest BCUT2D eigenvalue weighted by molar-refractivity contribution is 5.91. The van der Waals surface area contributed by atoms with Crippen molar-refractivity contribution < 1.29 is 9.90 Å². The zero-order valence-corrected chi connectivity index (χ0v) is 9.78. The van der Waals surface area contributed by atoms with Crippen molar-refractivity contribution in [2.75, 3.05) is 11.9 Å². The molecule has 6 heteroatoms. The summed E-state index contributed by atoms with van der Waals surface area (Å²) in [6.07, 6.45) is 7.74. The molecule has 6 nitrogen and oxygen atoms in total. The molecule has 2 aromatic rings. The number of anilines is 1. The molecule has 0 unspecified atom stereocenters. The van der Waals surface area contributed by atoms with Gasteiger partial charge in [-0.2, -0.15) is 0 Å². The van der Waals surface area contributed by atoms with Gasteiger partial charge in [0.25, 0.3) is 0 Å². The Kier molecular flexibility index (Phi) is 3.90. The van der Waals surface area contributed by atoms with Gasteiger partial charge in [-0.25, -0.2) is 14.8 Å². The van der Waals surface area contributed by atoms with Crippen LogP contribution in [0.4, 0.5) is 5.69 Å². The molecule has 0 amide bonds. The van der Waals surface area contributed by atoms with Crippen molar-refractivity contribution in [3.63, 3.8) is 0 Å². The summed E-state index contributed by atoms with van der Waals surface area (Å²) in [7, 11) is 0. The lowest BCUT2D eigenvalue weighted by molar-refractivity contribution is 0.0691. The predicted octanol–water partition coefficient (Wildman–Crippen LogP) is 1.48. The number of hydrogen-bond donors (Lipinski definition) is 2. The van der Waals surface area contributed by atoms with Crippen LogP contribution >= 0.6 is 0 Å². The number of nitrogens with one attached hydrogen (secondary N) is 1. The fourth-order valence-electron chi connectivity index (χ4n) is 1.62. The number of carbonyl (C=O) groups is 1. The standard InChI is InChI=1S/C12H14N4O2/c17-12(18)11-10(3-1-4-15-11)14-5-2-7-16-8-6-13-9-16/h1,3-4,6,8-9,14H,2,5,7H2,(H,17,18). The SMILES string of the molecule is O=C(O)c1ncccc1NCCCn1ccnc1. The number of carboxylic acids is 1. The van der Waals surface area contributed by atoms with Crippen LogP contribution in [-0.4, -0.2) is 32.2 Å². The summed E-state index contributed by atoms with van der Waals surface area (Å²) in [6, 6.07) is 3.43. The monoisotopic (exact) mass is 246 g/mol. The molecular weight excluding hydrogens is 232 g/mol. The van der Waals surface area contributed by atoms with E-state index in [1.165, 1.54) is 6.20 Å². The van der Waals surface area contributed by atoms with E-state index in [1.54, 1.807) is 24.7 Å². The molecule has 0 fully saturated rings. The van der Waals surface area contributed by atoms with Crippen molar-refractivity contribution in [1.82, 2.24) is 14.5 Å². The molecule has 0 atom stereocenters. The molecular formula is C12H14N4O2. The van der Waals surface area contributed by atoms with Crippen LogP contribution < -0.4 is 5.32 Å². The zero-order chi connectivity index (χ0) is 12.8. The second-order valence-corrected chi connectivity index (χ2v) is 3.79. The van der Waals surface area contributed by atoms with Crippen LogP contribution in [0.1, 0.15) is 16.9 Å². The van der Waals surface area contributed by atoms with Crippen LogP contribution in [0.25, 0.3) is 0 Å². The lowest BCUT2D eigenvalue weighted by atomic mass is 10.3. The summed E-state index contributed by atoms with van der Waals surface area (Å²) in [5.41, 5.74) is 0.607. The molecule has 94 valence electrons. The van der Waals surface area contributed by atoms with E-state index in [9.17, 15) is 4.79 Å². The highest BCUT2D eigenvalue weighted by Crippen LogP contribution is 2.11. The molecule has 2 aromatic heterocycles. The molecule has 2 heterocycles. The van der Waals surface area contributed by atoms with Gasteiger partial charge in [-0.3, -0.25) is 0 Å². The number of pyridine rings is 1. The predicted molar refractivity (Wildman–Crippen MR) is 66.5 cm³/mol. The number of hydrogen-bond acceptors (Lipinski definition) is 4. The van der Waals surface area contributed by atoms with Gasteiger partial charge in [-0.15, -0.1) is 0 Å². The van der Waals surface area contributed by atoms with Crippen molar-refractivity contribution >= 4 is 11.7 Å². The summed E-state index contributed by atoms with van der Waals surface area (Å²) in [4.78, 5) is 18.7. The number of aromatic carboxylic acids is 1. The molecule has 2 rings (SSSR count). The first kappa shape index (κ1) is 12.1. The fraction of sp³-hybridized carbons (Fsp3) is 0.250. The van der Waals surface area contributed by atoms with Gasteiger partial charge in [0.15, 0.2) is 5.69 Å². The van der Waals surface area contributed by atoms with E-state index in [0.29, 0.717) is 12.2 Å². The van der Waals surface area contributed by atoms with E-state index in [-0.39, 0.29) is 5.69 Å². The van der Waals surface area contributed by atoms with Crippen LogP contribution in [0.3, 0.4) is 0 Å². The van der Waals surface area contributed by atoms with Gasteiger partial charge >= 0.3 is 5.97 Å². The lowest BCUT2D eigenvalue weighted by Crippen LogP contribution is -2.10. The Balaban J connectivity index is 1.85. The van der Waals surface area contributed by atoms with E-state index in [0.717, 1.165) is 13.0 Å². The van der Waals surface area contributed by atoms with Gasteiger partial charge in [-0.1, -0.05) is 0 Å². The number of imidazole rings is 1. The van der Waals surface area contributed by atoms with E-state index in [1.807, 2.05) is 10.8 Å². The third-order valence-electron chi connectivity index (χ3n) is 2.48. The van der Waals surface area contributed by atoms with Crippen molar-refractivity contribution in [2.24, 2.45) is 0 Å². The Labute approximate surface area is 104 Å². The highest BCUT2D eigenvalue weighted by atomic mass is 16.4. The van der Waals surface area contributed by atoms with E-state index < -0.39 is 5.97 Å². The van der Waals surface area contributed by atoms with Gasteiger partial charge < -0.3 is 15.0 Å². The Bertz CT molecular complexity index is 511. The third-order valence-corrected chi connectivity index (χ3v) is 2.48. The second-order valence-electron chi connectivity index (χ2n) is 3.79. The molecule has 18 heavy (non-hydrogen) atoms. The molecule has 0 aliphatic heterocycles. The summed E-state index contributed by atoms with van der Waals surface area (Å²) >= 11 is 0. The van der Waals surface area contributed by atoms with Crippen molar-refractivity contribution in [2.45, 2.75) is 13.0 Å². The van der Waals surface area contributed by atoms with Gasteiger partial charge in [0.1, 0.15) is 0 Å². The number of carboxylic acid groups (broad SMARTS) is 1. The molecule has 0 aromatic carbocycles. The largest absolute Gasteiger partial charge is 0.476 e. The number of aryl methyl sites for hydroxylation is 1. The zero-order valence-electron chi connectivity index (χ0n) is 9.78. The summed E-state index contributed by atoms with van der Waals surface area (Å²) < 4.78 is 1.98. The van der Waals surface area contributed by atoms with Gasteiger partial charge in [0.05, 0.1) is 12.0 Å². The molecule has 2 N–H and O–H groups in total. The Hall–Kier alpha value is -2.37. The minimum absolute atomic E-state index is 0.0557. The molecule has 0 aliphatic rings. The Morgan fingerprint density at radius 3 is 3.06 bits per heavy atom. The molecule has 0 spiro atoms. The number of rotatable bonds is 6. The molecule has 0 radical (unpaired) electrons. The summed E-state index contributed by atoms with van der Waals surface area (Å²) in [5, 5.41) is 12.0. The molecule has 0 aliphatic carbocycles. The van der Waals surface area contributed by atoms with E-state index >= 15 is 0 Å². The van der Waals surface area contributed by atoms with Crippen molar-refractivity contribution in [3.8, 4) is 0 Å². The average molecular weight is 246 g/mol. The summed E-state index contributed by atoms with van der Waals surface area (Å²) in [6.45, 7) is 1.53. The van der Waals surface area contributed by atoms with Gasteiger partial charge in [0.2, 0.25) is 0 Å². The fourth-order valence-corrected chi connectivity index (χ4v) is 1.62. The maximum atomic E-state index is 10.9. The van der Waals surface area contributed by atoms with Crippen LogP contribution in [-0.2, 0) is 6.54 Å². The quantitative estimate of drug-likeness (QED) is 0.754. The lowest BCUT2D eigenvalue weighted by Gasteiger charge is -2.08. The van der Waals surface area contributed by atoms with Crippen LogP contribution in [0.15, 0.2) is 37.1 Å². The minimum atomic E-state index is -1.02. The van der Waals surface area contributed by atoms with E-state index in [4.69, 9.17) is 5.11 Å². The topological polar surface area (TPSA) is 80.0 Å². The van der Waals surface area contributed by atoms with Crippen LogP contribution in [0.2, 0.25) is 0 Å². The Morgan fingerprint density at radius 1 is 1.44 bits per heavy atom. The number of nitrogens with zero attached hydrogens (tertiary/aromatic N) is 3. The third kappa shape index (κ3) is 3.07. The first-order valence-electron chi connectivity index (χ1n) is 5.65. The van der Waals surface area contributed by atoms with Crippen molar-refractivity contribution in [1.29, 1.82) is 0 Å². The van der Waals surface area contributed by atoms with Crippen molar-refractivity contribution in [3.05, 3.63) is 42.7 Å². The smallest absolute Gasteiger partial charge is 0.356 e.